The first-order chi connectivity index (χ1) is 13.0. The fraction of sp³-hybridized carbons (Fsp3) is 0.143. The second kappa shape index (κ2) is 6.02. The highest BCUT2D eigenvalue weighted by Crippen LogP contribution is 2.42. The number of pyridine rings is 1. The number of aromatic nitrogens is 1. The van der Waals surface area contributed by atoms with E-state index in [0.717, 1.165) is 22.2 Å². The van der Waals surface area contributed by atoms with Crippen LogP contribution < -0.4 is 4.74 Å². The summed E-state index contributed by atoms with van der Waals surface area (Å²) in [6.45, 7) is 2.00. The number of methoxy groups -OCH3 is 1. The third-order valence-electron chi connectivity index (χ3n) is 4.94. The Kier molecular flexibility index (Phi) is 3.77. The molecule has 0 spiro atoms. The molecule has 1 aromatic carbocycles. The number of aryl methyl sites for hydroxylation is 1. The number of benzene rings is 1. The van der Waals surface area contributed by atoms with Gasteiger partial charge >= 0.3 is 11.9 Å². The minimum Gasteiger partial charge on any atom is -0.497 e. The molecule has 0 amide bonds. The van der Waals surface area contributed by atoms with E-state index in [1.807, 2.05) is 37.3 Å². The van der Waals surface area contributed by atoms with Gasteiger partial charge in [0.15, 0.2) is 0 Å². The maximum absolute atomic E-state index is 12.1. The van der Waals surface area contributed by atoms with Crippen LogP contribution in [0.1, 0.15) is 33.2 Å². The van der Waals surface area contributed by atoms with Gasteiger partial charge in [-0.25, -0.2) is 9.59 Å². The van der Waals surface area contributed by atoms with E-state index in [2.05, 4.69) is 0 Å². The second-order valence-electron chi connectivity index (χ2n) is 6.28. The molecule has 4 aromatic rings. The summed E-state index contributed by atoms with van der Waals surface area (Å²) in [4.78, 5) is 23.9. The van der Waals surface area contributed by atoms with Crippen molar-refractivity contribution < 1.29 is 24.5 Å². The maximum Gasteiger partial charge on any atom is 0.338 e. The molecule has 0 fully saturated rings. The van der Waals surface area contributed by atoms with Gasteiger partial charge in [-0.15, -0.1) is 0 Å². The normalized spacial score (nSPS) is 11.3. The number of ether oxygens (including phenoxy) is 1. The third-order valence-corrected chi connectivity index (χ3v) is 4.94. The Morgan fingerprint density at radius 3 is 2.30 bits per heavy atom. The first kappa shape index (κ1) is 16.9. The van der Waals surface area contributed by atoms with Gasteiger partial charge in [0.25, 0.3) is 0 Å². The highest BCUT2D eigenvalue weighted by molar-refractivity contribution is 6.17. The molecule has 0 saturated carbocycles. The topological polar surface area (TPSA) is 88.2 Å². The summed E-state index contributed by atoms with van der Waals surface area (Å²) in [5.74, 6) is -1.86. The van der Waals surface area contributed by atoms with Crippen molar-refractivity contribution >= 4 is 28.5 Å². The molecule has 136 valence electrons. The molecular weight excluding hydrogens is 346 g/mol. The number of carbonyl (C=O) groups is 2. The van der Waals surface area contributed by atoms with Crippen molar-refractivity contribution in [1.82, 2.24) is 4.40 Å². The summed E-state index contributed by atoms with van der Waals surface area (Å²) in [5, 5.41) is 19.5. The molecule has 0 aliphatic heterocycles. The fourth-order valence-electron chi connectivity index (χ4n) is 3.92. The van der Waals surface area contributed by atoms with Crippen LogP contribution in [0.4, 0.5) is 0 Å². The van der Waals surface area contributed by atoms with Gasteiger partial charge in [0.05, 0.1) is 23.7 Å². The lowest BCUT2D eigenvalue weighted by Crippen LogP contribution is -2.06. The van der Waals surface area contributed by atoms with Crippen LogP contribution in [0.2, 0.25) is 0 Å². The number of rotatable bonds is 5. The maximum atomic E-state index is 12.1. The zero-order chi connectivity index (χ0) is 19.3. The monoisotopic (exact) mass is 363 g/mol. The number of aromatic carboxylic acids is 2. The van der Waals surface area contributed by atoms with Gasteiger partial charge in [0, 0.05) is 5.56 Å². The van der Waals surface area contributed by atoms with Crippen LogP contribution in [0.5, 0.6) is 5.75 Å². The minimum atomic E-state index is -1.25. The molecule has 2 N–H and O–H groups in total. The van der Waals surface area contributed by atoms with Gasteiger partial charge in [-0.05, 0) is 41.8 Å². The molecule has 4 rings (SSSR count). The van der Waals surface area contributed by atoms with Gasteiger partial charge in [0.2, 0.25) is 0 Å². The predicted octanol–water partition coefficient (Wildman–Crippen LogP) is 4.16. The Morgan fingerprint density at radius 1 is 1.00 bits per heavy atom. The molecule has 0 radical (unpaired) electrons. The molecule has 0 unspecified atom stereocenters. The van der Waals surface area contributed by atoms with Crippen molar-refractivity contribution in [3.63, 3.8) is 0 Å². The predicted molar refractivity (Wildman–Crippen MR) is 101 cm³/mol. The highest BCUT2D eigenvalue weighted by Gasteiger charge is 2.31. The average Bonchev–Trinajstić information content (AvgIpc) is 3.18. The van der Waals surface area contributed by atoms with Crippen molar-refractivity contribution in [3.05, 3.63) is 59.2 Å². The van der Waals surface area contributed by atoms with Gasteiger partial charge in [-0.2, -0.15) is 0 Å². The van der Waals surface area contributed by atoms with E-state index in [1.165, 1.54) is 0 Å². The molecular formula is C21H17NO5. The van der Waals surface area contributed by atoms with Crippen molar-refractivity contribution in [2.24, 2.45) is 0 Å². The molecule has 0 aliphatic carbocycles. The third kappa shape index (κ3) is 2.26. The van der Waals surface area contributed by atoms with Gasteiger partial charge in [-0.3, -0.25) is 0 Å². The van der Waals surface area contributed by atoms with Crippen LogP contribution in [0, 0.1) is 0 Å². The van der Waals surface area contributed by atoms with Gasteiger partial charge in [-0.1, -0.05) is 25.1 Å². The van der Waals surface area contributed by atoms with Crippen molar-refractivity contribution in [2.45, 2.75) is 13.3 Å². The summed E-state index contributed by atoms with van der Waals surface area (Å²) >= 11 is 0. The summed E-state index contributed by atoms with van der Waals surface area (Å²) < 4.78 is 7.07. The number of carboxylic acid groups (broad SMARTS) is 2. The molecule has 6 nitrogen and oxygen atoms in total. The molecule has 0 saturated heterocycles. The first-order valence-electron chi connectivity index (χ1n) is 8.51. The Labute approximate surface area is 154 Å². The van der Waals surface area contributed by atoms with Crippen LogP contribution in [-0.4, -0.2) is 33.7 Å². The molecule has 0 bridgehead atoms. The molecule has 3 heterocycles. The Hall–Kier alpha value is -3.54. The standard InChI is InChI=1S/C21H17NO5/c1-3-13-14-8-5-9-15-17(20(23)24)18(21(25)26)19(22(14)15)16(13)11-6-4-7-12(10-11)27-2/h4-10H,3H2,1-2H3,(H,23,24)(H,25,26). The minimum absolute atomic E-state index is 0.184. The van der Waals surface area contributed by atoms with Crippen LogP contribution in [0.25, 0.3) is 27.7 Å². The number of carboxylic acids is 2. The largest absolute Gasteiger partial charge is 0.497 e. The van der Waals surface area contributed by atoms with Crippen LogP contribution in [-0.2, 0) is 6.42 Å². The fourth-order valence-corrected chi connectivity index (χ4v) is 3.92. The van der Waals surface area contributed by atoms with Crippen molar-refractivity contribution in [2.75, 3.05) is 7.11 Å². The molecule has 0 atom stereocenters. The Bertz CT molecular complexity index is 1200. The summed E-state index contributed by atoms with van der Waals surface area (Å²) in [6, 6.07) is 12.7. The van der Waals surface area contributed by atoms with E-state index >= 15 is 0 Å². The highest BCUT2D eigenvalue weighted by atomic mass is 16.5. The average molecular weight is 363 g/mol. The SMILES string of the molecule is CCc1c(-c2cccc(OC)c2)c2c(C(=O)O)c(C(=O)O)c3cccc1n32. The summed E-state index contributed by atoms with van der Waals surface area (Å²) in [7, 11) is 1.57. The summed E-state index contributed by atoms with van der Waals surface area (Å²) in [6.07, 6.45) is 0.675. The first-order valence-corrected chi connectivity index (χ1v) is 8.51. The zero-order valence-electron chi connectivity index (χ0n) is 14.8. The number of hydrogen-bond donors (Lipinski definition) is 2. The Balaban J connectivity index is 2.26. The second-order valence-corrected chi connectivity index (χ2v) is 6.28. The van der Waals surface area contributed by atoms with E-state index < -0.39 is 11.9 Å². The summed E-state index contributed by atoms with van der Waals surface area (Å²) in [5.41, 5.74) is 3.75. The van der Waals surface area contributed by atoms with E-state index in [0.29, 0.717) is 23.2 Å². The smallest absolute Gasteiger partial charge is 0.338 e. The molecule has 0 aliphatic rings. The lowest BCUT2D eigenvalue weighted by atomic mass is 9.97. The van der Waals surface area contributed by atoms with Crippen LogP contribution >= 0.6 is 0 Å². The molecule has 27 heavy (non-hydrogen) atoms. The van der Waals surface area contributed by atoms with Crippen LogP contribution in [0.15, 0.2) is 42.5 Å². The lowest BCUT2D eigenvalue weighted by Gasteiger charge is -2.07. The number of nitrogens with zero attached hydrogens (tertiary/aromatic N) is 1. The van der Waals surface area contributed by atoms with Crippen LogP contribution in [0.3, 0.4) is 0 Å². The van der Waals surface area contributed by atoms with E-state index in [9.17, 15) is 19.8 Å². The van der Waals surface area contributed by atoms with Gasteiger partial charge < -0.3 is 19.4 Å². The van der Waals surface area contributed by atoms with E-state index in [1.54, 1.807) is 23.6 Å². The lowest BCUT2D eigenvalue weighted by molar-refractivity contribution is 0.0655. The molecule has 6 heteroatoms. The zero-order valence-corrected chi connectivity index (χ0v) is 14.8. The van der Waals surface area contributed by atoms with Crippen molar-refractivity contribution in [1.29, 1.82) is 0 Å². The van der Waals surface area contributed by atoms with E-state index in [4.69, 9.17) is 4.74 Å². The number of hydrogen-bond acceptors (Lipinski definition) is 3. The molecule has 3 aromatic heterocycles. The quantitative estimate of drug-likeness (QED) is 0.556. The van der Waals surface area contributed by atoms with Crippen molar-refractivity contribution in [3.8, 4) is 16.9 Å². The van der Waals surface area contributed by atoms with E-state index in [-0.39, 0.29) is 11.1 Å². The Morgan fingerprint density at radius 2 is 1.67 bits per heavy atom. The van der Waals surface area contributed by atoms with Gasteiger partial charge in [0.1, 0.15) is 16.9 Å².